The maximum atomic E-state index is 5.79. The van der Waals surface area contributed by atoms with E-state index in [0.717, 1.165) is 11.3 Å². The zero-order valence-electron chi connectivity index (χ0n) is 6.37. The summed E-state index contributed by atoms with van der Waals surface area (Å²) in [5.41, 5.74) is 7.33. The fraction of sp³-hybridized carbons (Fsp3) is 0.125. The summed E-state index contributed by atoms with van der Waals surface area (Å²) in [5.74, 6) is 0. The molecule has 3 nitrogen and oxygen atoms in total. The third kappa shape index (κ3) is 1.07. The summed E-state index contributed by atoms with van der Waals surface area (Å²) in [4.78, 5) is 4.15. The van der Waals surface area contributed by atoms with Crippen molar-refractivity contribution in [1.82, 2.24) is 9.38 Å². The van der Waals surface area contributed by atoms with E-state index in [1.165, 1.54) is 0 Å². The molecular weight excluding hydrogens is 174 g/mol. The van der Waals surface area contributed by atoms with Crippen molar-refractivity contribution in [3.8, 4) is 0 Å². The van der Waals surface area contributed by atoms with Gasteiger partial charge in [-0.3, -0.25) is 0 Å². The largest absolute Gasteiger partial charge is 0.325 e. The van der Waals surface area contributed by atoms with E-state index in [1.54, 1.807) is 12.3 Å². The van der Waals surface area contributed by atoms with Gasteiger partial charge in [0.25, 0.3) is 0 Å². The number of halogens is 1. The highest BCUT2D eigenvalue weighted by molar-refractivity contribution is 6.30. The van der Waals surface area contributed by atoms with E-state index in [-0.39, 0.29) is 0 Å². The average Bonchev–Trinajstić information content (AvgIpc) is 2.46. The van der Waals surface area contributed by atoms with Crippen LogP contribution in [-0.4, -0.2) is 9.38 Å². The third-order valence-electron chi connectivity index (χ3n) is 1.76. The van der Waals surface area contributed by atoms with E-state index in [9.17, 15) is 0 Å². The molecule has 2 aromatic heterocycles. The van der Waals surface area contributed by atoms with Gasteiger partial charge in [-0.2, -0.15) is 0 Å². The van der Waals surface area contributed by atoms with E-state index < -0.39 is 0 Å². The average molecular weight is 182 g/mol. The Labute approximate surface area is 74.8 Å². The van der Waals surface area contributed by atoms with E-state index >= 15 is 0 Å². The van der Waals surface area contributed by atoms with Crippen LogP contribution in [0.15, 0.2) is 24.5 Å². The maximum Gasteiger partial charge on any atom is 0.138 e. The van der Waals surface area contributed by atoms with Crippen molar-refractivity contribution >= 4 is 17.2 Å². The first-order valence-electron chi connectivity index (χ1n) is 3.63. The zero-order chi connectivity index (χ0) is 8.55. The summed E-state index contributed by atoms with van der Waals surface area (Å²) >= 11 is 5.79. The Balaban J connectivity index is 2.73. The number of nitrogens with zero attached hydrogens (tertiary/aromatic N) is 2. The molecule has 0 bridgehead atoms. The van der Waals surface area contributed by atoms with Crippen molar-refractivity contribution in [2.24, 2.45) is 5.73 Å². The highest BCUT2D eigenvalue weighted by Gasteiger charge is 2.00. The number of nitrogens with two attached hydrogens (primary N) is 1. The number of rotatable bonds is 1. The van der Waals surface area contributed by atoms with Gasteiger partial charge >= 0.3 is 0 Å². The predicted octanol–water partition coefficient (Wildman–Crippen LogP) is 1.45. The van der Waals surface area contributed by atoms with Crippen LogP contribution in [0.3, 0.4) is 0 Å². The van der Waals surface area contributed by atoms with Crippen molar-refractivity contribution in [3.05, 3.63) is 35.2 Å². The lowest BCUT2D eigenvalue weighted by molar-refractivity contribution is 0.959. The molecule has 4 heteroatoms. The maximum absolute atomic E-state index is 5.79. The lowest BCUT2D eigenvalue weighted by Gasteiger charge is -1.97. The second-order valence-electron chi connectivity index (χ2n) is 2.53. The molecule has 0 aliphatic heterocycles. The van der Waals surface area contributed by atoms with Crippen LogP contribution in [0, 0.1) is 0 Å². The Hall–Kier alpha value is -1.06. The summed E-state index contributed by atoms with van der Waals surface area (Å²) < 4.78 is 1.92. The second-order valence-corrected chi connectivity index (χ2v) is 2.96. The molecule has 62 valence electrons. The van der Waals surface area contributed by atoms with Gasteiger partial charge in [-0.05, 0) is 12.1 Å². The van der Waals surface area contributed by atoms with Gasteiger partial charge in [0.2, 0.25) is 0 Å². The summed E-state index contributed by atoms with van der Waals surface area (Å²) in [6, 6.07) is 3.62. The van der Waals surface area contributed by atoms with Gasteiger partial charge in [0, 0.05) is 17.8 Å². The quantitative estimate of drug-likeness (QED) is 0.724. The van der Waals surface area contributed by atoms with Crippen molar-refractivity contribution in [1.29, 1.82) is 0 Å². The molecule has 12 heavy (non-hydrogen) atoms. The molecule has 2 rings (SSSR count). The molecule has 0 saturated carbocycles. The number of pyridine rings is 1. The van der Waals surface area contributed by atoms with Crippen molar-refractivity contribution in [2.75, 3.05) is 0 Å². The molecular formula is C8H8ClN3. The number of fused-ring (bicyclic) bond motifs is 1. The monoisotopic (exact) mass is 181 g/mol. The fourth-order valence-corrected chi connectivity index (χ4v) is 1.31. The van der Waals surface area contributed by atoms with Crippen LogP contribution >= 0.6 is 11.6 Å². The SMILES string of the molecule is NCc1cnc2cc(Cl)ccn12. The van der Waals surface area contributed by atoms with E-state index in [1.807, 2.05) is 16.7 Å². The molecule has 0 atom stereocenters. The van der Waals surface area contributed by atoms with Crippen LogP contribution in [0.2, 0.25) is 5.02 Å². The van der Waals surface area contributed by atoms with Crippen LogP contribution in [0.1, 0.15) is 5.69 Å². The standard InChI is InChI=1S/C8H8ClN3/c9-6-1-2-12-7(4-10)5-11-8(12)3-6/h1-3,5H,4,10H2. The second kappa shape index (κ2) is 2.77. The zero-order valence-corrected chi connectivity index (χ0v) is 7.12. The summed E-state index contributed by atoms with van der Waals surface area (Å²) in [6.45, 7) is 0.489. The summed E-state index contributed by atoms with van der Waals surface area (Å²) in [5, 5.41) is 0.691. The lowest BCUT2D eigenvalue weighted by atomic mass is 10.4. The Morgan fingerprint density at radius 2 is 2.42 bits per heavy atom. The van der Waals surface area contributed by atoms with Crippen molar-refractivity contribution < 1.29 is 0 Å². The highest BCUT2D eigenvalue weighted by atomic mass is 35.5. The van der Waals surface area contributed by atoms with Crippen LogP contribution < -0.4 is 5.73 Å². The van der Waals surface area contributed by atoms with Crippen LogP contribution in [0.25, 0.3) is 5.65 Å². The molecule has 2 heterocycles. The highest BCUT2D eigenvalue weighted by Crippen LogP contribution is 2.12. The molecule has 0 aromatic carbocycles. The van der Waals surface area contributed by atoms with E-state index in [4.69, 9.17) is 17.3 Å². The molecule has 0 aliphatic carbocycles. The third-order valence-corrected chi connectivity index (χ3v) is 2.00. The minimum atomic E-state index is 0.489. The Kier molecular flexibility index (Phi) is 1.75. The van der Waals surface area contributed by atoms with Gasteiger partial charge in [0.05, 0.1) is 11.9 Å². The summed E-state index contributed by atoms with van der Waals surface area (Å²) in [6.07, 6.45) is 3.62. The first-order valence-corrected chi connectivity index (χ1v) is 4.00. The van der Waals surface area contributed by atoms with Gasteiger partial charge in [0.1, 0.15) is 5.65 Å². The molecule has 2 aromatic rings. The predicted molar refractivity (Wildman–Crippen MR) is 48.1 cm³/mol. The van der Waals surface area contributed by atoms with Gasteiger partial charge < -0.3 is 10.1 Å². The molecule has 0 radical (unpaired) electrons. The Bertz CT molecular complexity index is 408. The van der Waals surface area contributed by atoms with Gasteiger partial charge in [0.15, 0.2) is 0 Å². The number of hydrogen-bond donors (Lipinski definition) is 1. The van der Waals surface area contributed by atoms with Crippen LogP contribution in [0.5, 0.6) is 0 Å². The molecule has 0 fully saturated rings. The van der Waals surface area contributed by atoms with Gasteiger partial charge in [-0.25, -0.2) is 4.98 Å². The van der Waals surface area contributed by atoms with Crippen LogP contribution in [-0.2, 0) is 6.54 Å². The van der Waals surface area contributed by atoms with E-state index in [0.29, 0.717) is 11.6 Å². The molecule has 0 spiro atoms. The lowest BCUT2D eigenvalue weighted by Crippen LogP contribution is -1.99. The fourth-order valence-electron chi connectivity index (χ4n) is 1.16. The molecule has 0 saturated heterocycles. The smallest absolute Gasteiger partial charge is 0.138 e. The first kappa shape index (κ1) is 7.58. The molecule has 0 aliphatic rings. The molecule has 0 unspecified atom stereocenters. The Morgan fingerprint density at radius 1 is 1.58 bits per heavy atom. The Morgan fingerprint density at radius 3 is 3.17 bits per heavy atom. The minimum Gasteiger partial charge on any atom is -0.325 e. The van der Waals surface area contributed by atoms with E-state index in [2.05, 4.69) is 4.98 Å². The van der Waals surface area contributed by atoms with Crippen molar-refractivity contribution in [2.45, 2.75) is 6.54 Å². The van der Waals surface area contributed by atoms with Gasteiger partial charge in [-0.15, -0.1) is 0 Å². The number of aromatic nitrogens is 2. The molecule has 0 amide bonds. The normalized spacial score (nSPS) is 10.8. The van der Waals surface area contributed by atoms with Crippen LogP contribution in [0.4, 0.5) is 0 Å². The van der Waals surface area contributed by atoms with Crippen molar-refractivity contribution in [3.63, 3.8) is 0 Å². The molecule has 2 N–H and O–H groups in total. The number of hydrogen-bond acceptors (Lipinski definition) is 2. The topological polar surface area (TPSA) is 43.3 Å². The first-order chi connectivity index (χ1) is 5.81. The minimum absolute atomic E-state index is 0.489. The van der Waals surface area contributed by atoms with Gasteiger partial charge in [-0.1, -0.05) is 11.6 Å². The summed E-state index contributed by atoms with van der Waals surface area (Å²) in [7, 11) is 0. The number of imidazole rings is 1.